The third-order valence-corrected chi connectivity index (χ3v) is 3.12. The van der Waals surface area contributed by atoms with Gasteiger partial charge in [-0.3, -0.25) is 0 Å². The van der Waals surface area contributed by atoms with Gasteiger partial charge in [0.15, 0.2) is 5.75 Å². The van der Waals surface area contributed by atoms with Crippen molar-refractivity contribution in [3.05, 3.63) is 45.3 Å². The van der Waals surface area contributed by atoms with Crippen molar-refractivity contribution in [2.45, 2.75) is 6.61 Å². The van der Waals surface area contributed by atoms with Gasteiger partial charge in [-0.1, -0.05) is 6.07 Å². The Morgan fingerprint density at radius 3 is 3.00 bits per heavy atom. The monoisotopic (exact) mass is 269 g/mol. The van der Waals surface area contributed by atoms with Crippen LogP contribution in [0.25, 0.3) is 0 Å². The second kappa shape index (κ2) is 4.57. The summed E-state index contributed by atoms with van der Waals surface area (Å²) < 4.78 is 6.33. The number of halogens is 1. The summed E-state index contributed by atoms with van der Waals surface area (Å²) in [4.78, 5) is 5.28. The van der Waals surface area contributed by atoms with Gasteiger partial charge < -0.3 is 4.74 Å². The van der Waals surface area contributed by atoms with Crippen molar-refractivity contribution in [3.8, 4) is 5.75 Å². The molecule has 0 aromatic carbocycles. The smallest absolute Gasteiger partial charge is 0.152 e. The Hall–Kier alpha value is -0.870. The Balaban J connectivity index is 2.02. The van der Waals surface area contributed by atoms with Crippen molar-refractivity contribution in [3.63, 3.8) is 0 Å². The first-order valence-corrected chi connectivity index (χ1v) is 5.79. The molecule has 72 valence electrons. The zero-order chi connectivity index (χ0) is 9.80. The van der Waals surface area contributed by atoms with Crippen LogP contribution in [0.3, 0.4) is 0 Å². The van der Waals surface area contributed by atoms with E-state index in [1.807, 2.05) is 23.6 Å². The number of nitrogens with zero attached hydrogens (tertiary/aromatic N) is 1. The SMILES string of the molecule is Brc1ncccc1OCc1cccs1. The summed E-state index contributed by atoms with van der Waals surface area (Å²) in [5.41, 5.74) is 0. The highest BCUT2D eigenvalue weighted by Gasteiger charge is 2.01. The molecular weight excluding hydrogens is 262 g/mol. The van der Waals surface area contributed by atoms with Crippen LogP contribution in [0.2, 0.25) is 0 Å². The van der Waals surface area contributed by atoms with Crippen LogP contribution in [-0.4, -0.2) is 4.98 Å². The van der Waals surface area contributed by atoms with Gasteiger partial charge >= 0.3 is 0 Å². The van der Waals surface area contributed by atoms with E-state index >= 15 is 0 Å². The molecule has 0 atom stereocenters. The minimum atomic E-state index is 0.599. The van der Waals surface area contributed by atoms with Gasteiger partial charge in [0, 0.05) is 11.1 Å². The molecule has 0 unspecified atom stereocenters. The summed E-state index contributed by atoms with van der Waals surface area (Å²) >= 11 is 5.02. The van der Waals surface area contributed by atoms with Gasteiger partial charge in [-0.05, 0) is 39.5 Å². The molecule has 0 amide bonds. The molecule has 0 saturated heterocycles. The van der Waals surface area contributed by atoms with Crippen molar-refractivity contribution < 1.29 is 4.74 Å². The molecule has 0 fully saturated rings. The van der Waals surface area contributed by atoms with Crippen LogP contribution in [0.1, 0.15) is 4.88 Å². The number of ether oxygens (including phenoxy) is 1. The summed E-state index contributed by atoms with van der Waals surface area (Å²) in [6.45, 7) is 0.599. The highest BCUT2D eigenvalue weighted by molar-refractivity contribution is 9.10. The predicted octanol–water partition coefficient (Wildman–Crippen LogP) is 3.48. The second-order valence-corrected chi connectivity index (χ2v) is 4.44. The molecule has 2 aromatic rings. The molecule has 0 aliphatic carbocycles. The lowest BCUT2D eigenvalue weighted by Crippen LogP contribution is -1.94. The van der Waals surface area contributed by atoms with E-state index in [-0.39, 0.29) is 0 Å². The van der Waals surface area contributed by atoms with Gasteiger partial charge in [0.25, 0.3) is 0 Å². The van der Waals surface area contributed by atoms with Crippen molar-refractivity contribution in [1.82, 2.24) is 4.98 Å². The minimum absolute atomic E-state index is 0.599. The Kier molecular flexibility index (Phi) is 3.16. The third kappa shape index (κ3) is 2.33. The maximum absolute atomic E-state index is 5.58. The van der Waals surface area contributed by atoms with Crippen LogP contribution in [-0.2, 0) is 6.61 Å². The fourth-order valence-electron chi connectivity index (χ4n) is 1.02. The topological polar surface area (TPSA) is 22.1 Å². The summed E-state index contributed by atoms with van der Waals surface area (Å²) in [5, 5.41) is 2.04. The molecule has 2 aromatic heterocycles. The van der Waals surface area contributed by atoms with Gasteiger partial charge in [-0.15, -0.1) is 11.3 Å². The van der Waals surface area contributed by atoms with E-state index in [0.29, 0.717) is 6.61 Å². The van der Waals surface area contributed by atoms with Crippen LogP contribution < -0.4 is 4.74 Å². The van der Waals surface area contributed by atoms with Gasteiger partial charge in [0.2, 0.25) is 0 Å². The molecule has 2 nitrogen and oxygen atoms in total. The number of hydrogen-bond donors (Lipinski definition) is 0. The highest BCUT2D eigenvalue weighted by atomic mass is 79.9. The maximum atomic E-state index is 5.58. The molecule has 4 heteroatoms. The zero-order valence-corrected chi connectivity index (χ0v) is 9.72. The first kappa shape index (κ1) is 9.68. The van der Waals surface area contributed by atoms with Crippen molar-refractivity contribution in [1.29, 1.82) is 0 Å². The highest BCUT2D eigenvalue weighted by Crippen LogP contribution is 2.22. The standard InChI is InChI=1S/C10H8BrNOS/c11-10-9(4-1-5-12-10)13-7-8-3-2-6-14-8/h1-6H,7H2. The molecule has 0 bridgehead atoms. The van der Waals surface area contributed by atoms with Crippen LogP contribution >= 0.6 is 27.3 Å². The van der Waals surface area contributed by atoms with E-state index in [9.17, 15) is 0 Å². The lowest BCUT2D eigenvalue weighted by atomic mass is 10.4. The van der Waals surface area contributed by atoms with Gasteiger partial charge in [-0.2, -0.15) is 0 Å². The van der Waals surface area contributed by atoms with E-state index in [0.717, 1.165) is 10.4 Å². The van der Waals surface area contributed by atoms with Gasteiger partial charge in [0.05, 0.1) is 0 Å². The summed E-state index contributed by atoms with van der Waals surface area (Å²) in [6, 6.07) is 7.82. The fraction of sp³-hybridized carbons (Fsp3) is 0.100. The van der Waals surface area contributed by atoms with E-state index in [2.05, 4.69) is 27.0 Å². The third-order valence-electron chi connectivity index (χ3n) is 1.67. The molecule has 2 heterocycles. The van der Waals surface area contributed by atoms with Crippen molar-refractivity contribution in [2.75, 3.05) is 0 Å². The Morgan fingerprint density at radius 1 is 1.36 bits per heavy atom. The molecule has 0 aliphatic rings. The van der Waals surface area contributed by atoms with Crippen molar-refractivity contribution in [2.24, 2.45) is 0 Å². The molecule has 0 saturated carbocycles. The number of pyridine rings is 1. The average Bonchev–Trinajstić information content (AvgIpc) is 2.69. The number of aromatic nitrogens is 1. The Bertz CT molecular complexity index is 402. The quantitative estimate of drug-likeness (QED) is 0.796. The second-order valence-electron chi connectivity index (χ2n) is 2.66. The fourth-order valence-corrected chi connectivity index (χ4v) is 2.00. The van der Waals surface area contributed by atoms with Gasteiger partial charge in [-0.25, -0.2) is 4.98 Å². The van der Waals surface area contributed by atoms with Gasteiger partial charge in [0.1, 0.15) is 11.2 Å². The molecule has 0 aliphatic heterocycles. The van der Waals surface area contributed by atoms with Crippen molar-refractivity contribution >= 4 is 27.3 Å². The molecule has 0 spiro atoms. The Morgan fingerprint density at radius 2 is 2.29 bits per heavy atom. The summed E-state index contributed by atoms with van der Waals surface area (Å²) in [5.74, 6) is 0.779. The predicted molar refractivity (Wildman–Crippen MR) is 60.6 cm³/mol. The average molecular weight is 270 g/mol. The van der Waals surface area contributed by atoms with Crippen LogP contribution in [0, 0.1) is 0 Å². The molecule has 0 N–H and O–H groups in total. The van der Waals surface area contributed by atoms with Crippen LogP contribution in [0.15, 0.2) is 40.4 Å². The van der Waals surface area contributed by atoms with E-state index in [1.54, 1.807) is 17.5 Å². The lowest BCUT2D eigenvalue weighted by Gasteiger charge is -2.04. The normalized spacial score (nSPS) is 10.1. The molecule has 14 heavy (non-hydrogen) atoms. The van der Waals surface area contributed by atoms with E-state index in [1.165, 1.54) is 4.88 Å². The largest absolute Gasteiger partial charge is 0.485 e. The summed E-state index contributed by atoms with van der Waals surface area (Å²) in [6.07, 6.45) is 1.72. The van der Waals surface area contributed by atoms with Crippen LogP contribution in [0.4, 0.5) is 0 Å². The number of rotatable bonds is 3. The number of hydrogen-bond acceptors (Lipinski definition) is 3. The van der Waals surface area contributed by atoms with E-state index < -0.39 is 0 Å². The first-order chi connectivity index (χ1) is 6.86. The number of thiophene rings is 1. The lowest BCUT2D eigenvalue weighted by molar-refractivity contribution is 0.306. The zero-order valence-electron chi connectivity index (χ0n) is 7.31. The van der Waals surface area contributed by atoms with Crippen LogP contribution in [0.5, 0.6) is 5.75 Å². The first-order valence-electron chi connectivity index (χ1n) is 4.12. The van der Waals surface area contributed by atoms with E-state index in [4.69, 9.17) is 4.74 Å². The minimum Gasteiger partial charge on any atom is -0.485 e. The molecule has 0 radical (unpaired) electrons. The Labute approximate surface area is 94.7 Å². The maximum Gasteiger partial charge on any atom is 0.152 e. The summed E-state index contributed by atoms with van der Waals surface area (Å²) in [7, 11) is 0. The molecular formula is C10H8BrNOS. The molecule has 2 rings (SSSR count).